The third-order valence-electron chi connectivity index (χ3n) is 4.48. The summed E-state index contributed by atoms with van der Waals surface area (Å²) < 4.78 is 43.6. The highest BCUT2D eigenvalue weighted by molar-refractivity contribution is 7.89. The molecule has 2 aliphatic rings. The van der Waals surface area contributed by atoms with E-state index in [9.17, 15) is 13.2 Å². The number of hydrogen-bond donors (Lipinski definition) is 1. The summed E-state index contributed by atoms with van der Waals surface area (Å²) in [6, 6.07) is 4.52. The maximum Gasteiger partial charge on any atom is 0.250 e. The average molecular weight is 413 g/mol. The van der Waals surface area contributed by atoms with Gasteiger partial charge in [-0.3, -0.25) is 4.79 Å². The Morgan fingerprint density at radius 2 is 2.00 bits per heavy atom. The predicted octanol–water partition coefficient (Wildman–Crippen LogP) is 1.86. The van der Waals surface area contributed by atoms with Crippen LogP contribution in [0.25, 0.3) is 0 Å². The molecule has 8 nitrogen and oxygen atoms in total. The van der Waals surface area contributed by atoms with Crippen molar-refractivity contribution in [1.82, 2.24) is 4.31 Å². The Morgan fingerprint density at radius 1 is 1.29 bits per heavy atom. The standard InChI is InChI=1S/C19H28N2O6S/c1-14(2)27-18-6-5-16(28(23,24)21-7-9-25-10-8-21)11-17(18)20-19(22)13-26-12-15-3-4-15/h5-6,11,14-15H,3-4,7-10,12-13H2,1-2H3,(H,20,22). The van der Waals surface area contributed by atoms with Gasteiger partial charge in [-0.2, -0.15) is 4.31 Å². The van der Waals surface area contributed by atoms with Gasteiger partial charge >= 0.3 is 0 Å². The highest BCUT2D eigenvalue weighted by Gasteiger charge is 2.27. The van der Waals surface area contributed by atoms with Crippen LogP contribution in [0.5, 0.6) is 5.75 Å². The zero-order valence-corrected chi connectivity index (χ0v) is 17.2. The number of carbonyl (C=O) groups excluding carboxylic acids is 1. The molecule has 1 amide bonds. The van der Waals surface area contributed by atoms with Gasteiger partial charge in [0.25, 0.3) is 0 Å². The number of ether oxygens (including phenoxy) is 3. The summed E-state index contributed by atoms with van der Waals surface area (Å²) >= 11 is 0. The average Bonchev–Trinajstić information content (AvgIpc) is 3.48. The lowest BCUT2D eigenvalue weighted by Crippen LogP contribution is -2.40. The van der Waals surface area contributed by atoms with E-state index in [-0.39, 0.29) is 23.5 Å². The molecule has 0 bridgehead atoms. The monoisotopic (exact) mass is 412 g/mol. The molecule has 9 heteroatoms. The van der Waals surface area contributed by atoms with Crippen molar-refractivity contribution in [2.45, 2.75) is 37.7 Å². The zero-order valence-electron chi connectivity index (χ0n) is 16.3. The van der Waals surface area contributed by atoms with Crippen LogP contribution in [0.15, 0.2) is 23.1 Å². The molecule has 1 heterocycles. The molecule has 1 aromatic carbocycles. The van der Waals surface area contributed by atoms with Gasteiger partial charge in [0.05, 0.1) is 36.5 Å². The van der Waals surface area contributed by atoms with E-state index in [0.717, 1.165) is 12.8 Å². The van der Waals surface area contributed by atoms with Crippen LogP contribution in [0.2, 0.25) is 0 Å². The van der Waals surface area contributed by atoms with Crippen molar-refractivity contribution in [3.63, 3.8) is 0 Å². The van der Waals surface area contributed by atoms with E-state index in [4.69, 9.17) is 14.2 Å². The van der Waals surface area contributed by atoms with Crippen molar-refractivity contribution < 1.29 is 27.4 Å². The lowest BCUT2D eigenvalue weighted by molar-refractivity contribution is -0.120. The smallest absolute Gasteiger partial charge is 0.250 e. The van der Waals surface area contributed by atoms with Crippen LogP contribution in [-0.2, 0) is 24.3 Å². The second kappa shape index (κ2) is 9.21. The summed E-state index contributed by atoms with van der Waals surface area (Å²) in [7, 11) is -3.67. The van der Waals surface area contributed by atoms with Gasteiger partial charge in [0.2, 0.25) is 15.9 Å². The first-order valence-corrected chi connectivity index (χ1v) is 11.1. The van der Waals surface area contributed by atoms with Crippen LogP contribution < -0.4 is 10.1 Å². The van der Waals surface area contributed by atoms with Gasteiger partial charge in [0.15, 0.2) is 0 Å². The second-order valence-electron chi connectivity index (χ2n) is 7.35. The molecular weight excluding hydrogens is 384 g/mol. The molecule has 1 aromatic rings. The molecule has 1 saturated carbocycles. The molecule has 3 rings (SSSR count). The van der Waals surface area contributed by atoms with Crippen LogP contribution in [-0.4, -0.2) is 64.3 Å². The minimum absolute atomic E-state index is 0.0714. The summed E-state index contributed by atoms with van der Waals surface area (Å²) in [4.78, 5) is 12.4. The Kier molecular flexibility index (Phi) is 6.92. The molecule has 0 unspecified atom stereocenters. The highest BCUT2D eigenvalue weighted by atomic mass is 32.2. The van der Waals surface area contributed by atoms with Gasteiger partial charge < -0.3 is 19.5 Å². The number of benzene rings is 1. The van der Waals surface area contributed by atoms with Gasteiger partial charge in [-0.25, -0.2) is 8.42 Å². The van der Waals surface area contributed by atoms with Crippen molar-refractivity contribution in [3.05, 3.63) is 18.2 Å². The number of sulfonamides is 1. The van der Waals surface area contributed by atoms with E-state index in [1.54, 1.807) is 6.07 Å². The first kappa shape index (κ1) is 21.0. The quantitative estimate of drug-likeness (QED) is 0.665. The van der Waals surface area contributed by atoms with E-state index >= 15 is 0 Å². The molecule has 1 saturated heterocycles. The summed E-state index contributed by atoms with van der Waals surface area (Å²) in [6.07, 6.45) is 2.17. The molecule has 28 heavy (non-hydrogen) atoms. The van der Waals surface area contributed by atoms with Gasteiger partial charge in [-0.05, 0) is 50.8 Å². The van der Waals surface area contributed by atoms with Crippen molar-refractivity contribution >= 4 is 21.6 Å². The summed E-state index contributed by atoms with van der Waals surface area (Å²) in [5.74, 6) is 0.649. The number of anilines is 1. The van der Waals surface area contributed by atoms with Crippen LogP contribution in [0.3, 0.4) is 0 Å². The Labute approximate surface area is 166 Å². The summed E-state index contributed by atoms with van der Waals surface area (Å²) in [5.41, 5.74) is 0.322. The topological polar surface area (TPSA) is 94.2 Å². The first-order valence-electron chi connectivity index (χ1n) is 9.62. The minimum atomic E-state index is -3.67. The van der Waals surface area contributed by atoms with Crippen LogP contribution in [0.1, 0.15) is 26.7 Å². The van der Waals surface area contributed by atoms with Crippen molar-refractivity contribution in [1.29, 1.82) is 0 Å². The van der Waals surface area contributed by atoms with E-state index in [1.165, 1.54) is 16.4 Å². The van der Waals surface area contributed by atoms with E-state index in [2.05, 4.69) is 5.32 Å². The number of hydrogen-bond acceptors (Lipinski definition) is 6. The van der Waals surface area contributed by atoms with Crippen LogP contribution >= 0.6 is 0 Å². The molecule has 0 radical (unpaired) electrons. The number of carbonyl (C=O) groups is 1. The van der Waals surface area contributed by atoms with Crippen LogP contribution in [0.4, 0.5) is 5.69 Å². The van der Waals surface area contributed by atoms with Gasteiger partial charge in [-0.15, -0.1) is 0 Å². The van der Waals surface area contributed by atoms with Gasteiger partial charge in [-0.1, -0.05) is 0 Å². The molecule has 1 aliphatic carbocycles. The maximum absolute atomic E-state index is 12.9. The Morgan fingerprint density at radius 3 is 2.64 bits per heavy atom. The number of amides is 1. The molecule has 2 fully saturated rings. The van der Waals surface area contributed by atoms with Gasteiger partial charge in [0, 0.05) is 13.1 Å². The van der Waals surface area contributed by atoms with E-state index in [0.29, 0.717) is 50.3 Å². The highest BCUT2D eigenvalue weighted by Crippen LogP contribution is 2.31. The SMILES string of the molecule is CC(C)Oc1ccc(S(=O)(=O)N2CCOCC2)cc1NC(=O)COCC1CC1. The third kappa shape index (κ3) is 5.66. The number of morpholine rings is 1. The maximum atomic E-state index is 12.9. The second-order valence-corrected chi connectivity index (χ2v) is 9.29. The zero-order chi connectivity index (χ0) is 20.1. The van der Waals surface area contributed by atoms with Crippen LogP contribution in [0, 0.1) is 5.92 Å². The Bertz CT molecular complexity index is 786. The van der Waals surface area contributed by atoms with E-state index < -0.39 is 10.0 Å². The van der Waals surface area contributed by atoms with Crippen molar-refractivity contribution in [3.8, 4) is 5.75 Å². The molecule has 0 aromatic heterocycles. The Balaban J connectivity index is 1.76. The fourth-order valence-electron chi connectivity index (χ4n) is 2.85. The largest absolute Gasteiger partial charge is 0.489 e. The molecule has 0 spiro atoms. The minimum Gasteiger partial charge on any atom is -0.489 e. The molecular formula is C19H28N2O6S. The molecule has 0 atom stereocenters. The lowest BCUT2D eigenvalue weighted by Gasteiger charge is -2.26. The van der Waals surface area contributed by atoms with Crippen molar-refractivity contribution in [2.24, 2.45) is 5.92 Å². The molecule has 1 N–H and O–H groups in total. The first-order chi connectivity index (χ1) is 13.4. The number of nitrogens with zero attached hydrogens (tertiary/aromatic N) is 1. The normalized spacial score (nSPS) is 18.2. The summed E-state index contributed by atoms with van der Waals surface area (Å²) in [6.45, 7) is 5.59. The molecule has 156 valence electrons. The van der Waals surface area contributed by atoms with Gasteiger partial charge in [0.1, 0.15) is 12.4 Å². The summed E-state index contributed by atoms with van der Waals surface area (Å²) in [5, 5.41) is 2.73. The predicted molar refractivity (Wildman–Crippen MR) is 104 cm³/mol. The number of rotatable bonds is 9. The van der Waals surface area contributed by atoms with E-state index in [1.807, 2.05) is 13.8 Å². The van der Waals surface area contributed by atoms with Crippen molar-refractivity contribution in [2.75, 3.05) is 44.8 Å². The fraction of sp³-hybridized carbons (Fsp3) is 0.632. The number of nitrogens with one attached hydrogen (secondary N) is 1. The fourth-order valence-corrected chi connectivity index (χ4v) is 4.28. The third-order valence-corrected chi connectivity index (χ3v) is 6.37. The molecule has 1 aliphatic heterocycles. The lowest BCUT2D eigenvalue weighted by atomic mass is 10.3. The Hall–Kier alpha value is -1.68.